The SMILES string of the molecule is C1=CC2(C(Nc3cccc4oc5ccccc5c34)=CC=C3C2=Cc2ccccc23)C2=Cc3ccccc3C2=C1. The summed E-state index contributed by atoms with van der Waals surface area (Å²) in [6.45, 7) is 0. The van der Waals surface area contributed by atoms with E-state index < -0.39 is 5.41 Å². The highest BCUT2D eigenvalue weighted by molar-refractivity contribution is 6.12. The third-order valence-electron chi connectivity index (χ3n) is 8.65. The molecule has 0 saturated carbocycles. The Bertz CT molecular complexity index is 2070. The first-order valence-corrected chi connectivity index (χ1v) is 13.4. The minimum atomic E-state index is -0.450. The molecule has 39 heavy (non-hydrogen) atoms. The Morgan fingerprint density at radius 2 is 1.26 bits per heavy atom. The van der Waals surface area contributed by atoms with Crippen molar-refractivity contribution in [3.63, 3.8) is 0 Å². The van der Waals surface area contributed by atoms with Crippen molar-refractivity contribution in [2.24, 2.45) is 5.41 Å². The topological polar surface area (TPSA) is 25.2 Å². The molecule has 4 aliphatic rings. The Labute approximate surface area is 226 Å². The van der Waals surface area contributed by atoms with Crippen LogP contribution in [0.2, 0.25) is 0 Å². The van der Waals surface area contributed by atoms with E-state index in [1.165, 1.54) is 44.5 Å². The van der Waals surface area contributed by atoms with Crippen LogP contribution in [-0.4, -0.2) is 0 Å². The van der Waals surface area contributed by atoms with Gasteiger partial charge in [-0.3, -0.25) is 0 Å². The van der Waals surface area contributed by atoms with Crippen molar-refractivity contribution in [3.05, 3.63) is 160 Å². The fraction of sp³-hybridized carbons (Fsp3) is 0.0270. The first-order valence-electron chi connectivity index (χ1n) is 13.4. The highest BCUT2D eigenvalue weighted by Gasteiger charge is 2.48. The number of fused-ring (bicyclic) bond motifs is 11. The van der Waals surface area contributed by atoms with Crippen LogP contribution in [0.1, 0.15) is 22.3 Å². The van der Waals surface area contributed by atoms with Gasteiger partial charge in [-0.1, -0.05) is 97.1 Å². The van der Waals surface area contributed by atoms with E-state index in [-0.39, 0.29) is 0 Å². The lowest BCUT2D eigenvalue weighted by Gasteiger charge is -2.42. The number of rotatable bonds is 2. The van der Waals surface area contributed by atoms with Crippen LogP contribution in [-0.2, 0) is 0 Å². The van der Waals surface area contributed by atoms with Crippen LogP contribution >= 0.6 is 0 Å². The van der Waals surface area contributed by atoms with Gasteiger partial charge in [0.15, 0.2) is 0 Å². The van der Waals surface area contributed by atoms with Gasteiger partial charge in [0.2, 0.25) is 0 Å². The summed E-state index contributed by atoms with van der Waals surface area (Å²) in [5, 5.41) is 6.17. The van der Waals surface area contributed by atoms with Gasteiger partial charge in [-0.25, -0.2) is 0 Å². The summed E-state index contributed by atoms with van der Waals surface area (Å²) in [5.41, 5.74) is 13.9. The van der Waals surface area contributed by atoms with Crippen LogP contribution in [0.5, 0.6) is 0 Å². The van der Waals surface area contributed by atoms with Crippen molar-refractivity contribution in [1.82, 2.24) is 0 Å². The Morgan fingerprint density at radius 1 is 0.590 bits per heavy atom. The molecule has 0 amide bonds. The van der Waals surface area contributed by atoms with Crippen LogP contribution in [0, 0.1) is 5.41 Å². The minimum absolute atomic E-state index is 0.450. The fourth-order valence-electron chi connectivity index (χ4n) is 6.96. The molecule has 2 heteroatoms. The summed E-state index contributed by atoms with van der Waals surface area (Å²) >= 11 is 0. The summed E-state index contributed by atoms with van der Waals surface area (Å²) in [6, 6.07) is 32.0. The number of nitrogens with one attached hydrogen (secondary N) is 1. The molecule has 4 aliphatic carbocycles. The molecule has 0 radical (unpaired) electrons. The Balaban J connectivity index is 1.29. The standard InChI is InChI=1S/C37H23NO/c1-3-11-25-23(9-1)21-30-27(25)14-8-20-37(30)31-22-24-10-2-4-12-26(24)28(31)18-19-35(37)38-32-15-7-17-34-36(32)29-13-5-6-16-33(29)39-34/h1-22,38H. The molecule has 9 rings (SSSR count). The molecule has 0 bridgehead atoms. The Hall–Kier alpha value is -5.08. The van der Waals surface area contributed by atoms with Crippen molar-refractivity contribution in [3.8, 4) is 0 Å². The lowest BCUT2D eigenvalue weighted by Crippen LogP contribution is -2.32. The fourth-order valence-corrected chi connectivity index (χ4v) is 6.96. The lowest BCUT2D eigenvalue weighted by atomic mass is 9.63. The molecule has 0 fully saturated rings. The molecule has 1 atom stereocenters. The average Bonchev–Trinajstić information content (AvgIpc) is 3.67. The maximum Gasteiger partial charge on any atom is 0.137 e. The number of benzene rings is 4. The van der Waals surface area contributed by atoms with E-state index in [0.29, 0.717) is 0 Å². The second kappa shape index (κ2) is 7.49. The van der Waals surface area contributed by atoms with E-state index in [1.54, 1.807) is 0 Å². The van der Waals surface area contributed by atoms with Crippen LogP contribution < -0.4 is 5.32 Å². The van der Waals surface area contributed by atoms with Crippen LogP contribution in [0.25, 0.3) is 45.2 Å². The van der Waals surface area contributed by atoms with E-state index in [9.17, 15) is 0 Å². The van der Waals surface area contributed by atoms with Gasteiger partial charge in [0.05, 0.1) is 16.5 Å². The molecule has 1 unspecified atom stereocenters. The van der Waals surface area contributed by atoms with Crippen LogP contribution in [0.3, 0.4) is 0 Å². The van der Waals surface area contributed by atoms with Gasteiger partial charge in [-0.05, 0) is 81.0 Å². The van der Waals surface area contributed by atoms with Gasteiger partial charge in [0.25, 0.3) is 0 Å². The summed E-state index contributed by atoms with van der Waals surface area (Å²) < 4.78 is 6.23. The van der Waals surface area contributed by atoms with Crippen molar-refractivity contribution >= 4 is 50.9 Å². The van der Waals surface area contributed by atoms with E-state index in [0.717, 1.165) is 33.3 Å². The van der Waals surface area contributed by atoms with Crippen LogP contribution in [0.15, 0.2) is 143 Å². The average molecular weight is 498 g/mol. The first-order chi connectivity index (χ1) is 19.3. The van der Waals surface area contributed by atoms with Gasteiger partial charge in [0.1, 0.15) is 11.2 Å². The Morgan fingerprint density at radius 3 is 2.05 bits per heavy atom. The largest absolute Gasteiger partial charge is 0.456 e. The van der Waals surface area contributed by atoms with E-state index in [1.807, 2.05) is 12.1 Å². The van der Waals surface area contributed by atoms with Gasteiger partial charge >= 0.3 is 0 Å². The van der Waals surface area contributed by atoms with E-state index in [2.05, 4.69) is 127 Å². The summed E-state index contributed by atoms with van der Waals surface area (Å²) in [5.74, 6) is 0. The third kappa shape index (κ3) is 2.70. The maximum atomic E-state index is 6.23. The molecule has 1 aromatic heterocycles. The van der Waals surface area contributed by atoms with Gasteiger partial charge in [-0.2, -0.15) is 0 Å². The maximum absolute atomic E-state index is 6.23. The first kappa shape index (κ1) is 20.9. The zero-order valence-corrected chi connectivity index (χ0v) is 21.1. The minimum Gasteiger partial charge on any atom is -0.456 e. The van der Waals surface area contributed by atoms with Crippen molar-refractivity contribution in [1.29, 1.82) is 0 Å². The molecule has 1 N–H and O–H groups in total. The second-order valence-corrected chi connectivity index (χ2v) is 10.6. The molecule has 2 nitrogen and oxygen atoms in total. The Kier molecular flexibility index (Phi) is 4.02. The monoisotopic (exact) mass is 497 g/mol. The number of allylic oxidation sites excluding steroid dienone is 7. The van der Waals surface area contributed by atoms with Crippen molar-refractivity contribution in [2.75, 3.05) is 5.32 Å². The molecule has 182 valence electrons. The predicted octanol–water partition coefficient (Wildman–Crippen LogP) is 9.41. The molecular formula is C37H23NO. The summed E-state index contributed by atoms with van der Waals surface area (Å²) in [7, 11) is 0. The number of hydrogen-bond acceptors (Lipinski definition) is 2. The van der Waals surface area contributed by atoms with Gasteiger partial charge in [0, 0.05) is 11.1 Å². The number of anilines is 1. The van der Waals surface area contributed by atoms with Gasteiger partial charge < -0.3 is 9.73 Å². The normalized spacial score (nSPS) is 20.1. The summed E-state index contributed by atoms with van der Waals surface area (Å²) in [4.78, 5) is 0. The van der Waals surface area contributed by atoms with Crippen molar-refractivity contribution < 1.29 is 4.42 Å². The highest BCUT2D eigenvalue weighted by atomic mass is 16.3. The molecule has 0 saturated heterocycles. The van der Waals surface area contributed by atoms with Crippen LogP contribution in [0.4, 0.5) is 5.69 Å². The van der Waals surface area contributed by atoms with E-state index >= 15 is 0 Å². The highest BCUT2D eigenvalue weighted by Crippen LogP contribution is 2.61. The smallest absolute Gasteiger partial charge is 0.137 e. The number of furan rings is 1. The van der Waals surface area contributed by atoms with Crippen molar-refractivity contribution in [2.45, 2.75) is 0 Å². The second-order valence-electron chi connectivity index (χ2n) is 10.6. The molecule has 1 heterocycles. The lowest BCUT2D eigenvalue weighted by molar-refractivity contribution is 0.669. The molecular weight excluding hydrogens is 474 g/mol. The third-order valence-corrected chi connectivity index (χ3v) is 8.65. The zero-order valence-electron chi connectivity index (χ0n) is 21.1. The molecule has 0 aliphatic heterocycles. The summed E-state index contributed by atoms with van der Waals surface area (Å²) in [6.07, 6.45) is 16.2. The number of hydrogen-bond donors (Lipinski definition) is 1. The predicted molar refractivity (Wildman–Crippen MR) is 162 cm³/mol. The molecule has 5 aromatic rings. The zero-order chi connectivity index (χ0) is 25.6. The number of para-hydroxylation sites is 1. The molecule has 1 spiro atoms. The van der Waals surface area contributed by atoms with Gasteiger partial charge in [-0.15, -0.1) is 0 Å². The quantitative estimate of drug-likeness (QED) is 0.263. The molecule has 4 aromatic carbocycles. The van der Waals surface area contributed by atoms with E-state index in [4.69, 9.17) is 4.42 Å².